The maximum atomic E-state index is 13.6. The van der Waals surface area contributed by atoms with E-state index in [-0.39, 0.29) is 5.69 Å². The van der Waals surface area contributed by atoms with Gasteiger partial charge in [0.2, 0.25) is 5.82 Å². The second-order valence-electron chi connectivity index (χ2n) is 4.65. The Balaban J connectivity index is 2.49. The van der Waals surface area contributed by atoms with Crippen molar-refractivity contribution in [2.75, 3.05) is 5.32 Å². The Morgan fingerprint density at radius 2 is 1.36 bits per heavy atom. The molecule has 1 amide bonds. The maximum absolute atomic E-state index is 13.6. The van der Waals surface area contributed by atoms with Gasteiger partial charge < -0.3 is 5.32 Å². The second kappa shape index (κ2) is 5.75. The normalized spacial score (nSPS) is 10.7. The maximum Gasteiger partial charge on any atom is 0.261 e. The molecule has 0 aliphatic carbocycles. The van der Waals surface area contributed by atoms with Gasteiger partial charge in [-0.15, -0.1) is 0 Å². The summed E-state index contributed by atoms with van der Waals surface area (Å²) in [4.78, 5) is 11.9. The summed E-state index contributed by atoms with van der Waals surface area (Å²) < 4.78 is 66.3. The predicted octanol–water partition coefficient (Wildman–Crippen LogP) is 4.25. The third-order valence-corrected chi connectivity index (χ3v) is 3.29. The van der Waals surface area contributed by atoms with E-state index in [0.717, 1.165) is 5.56 Å². The van der Waals surface area contributed by atoms with Crippen LogP contribution < -0.4 is 5.32 Å². The molecule has 0 heterocycles. The number of carbonyl (C=O) groups excluding carboxylic acids is 1. The summed E-state index contributed by atoms with van der Waals surface area (Å²) in [6, 6.07) is 4.77. The number of carbonyl (C=O) groups is 1. The molecule has 0 bridgehead atoms. The molecule has 116 valence electrons. The average molecular weight is 315 g/mol. The van der Waals surface area contributed by atoms with Crippen LogP contribution in [-0.4, -0.2) is 5.91 Å². The van der Waals surface area contributed by atoms with E-state index in [4.69, 9.17) is 0 Å². The van der Waals surface area contributed by atoms with E-state index in [2.05, 4.69) is 5.32 Å². The predicted molar refractivity (Wildman–Crippen MR) is 70.1 cm³/mol. The van der Waals surface area contributed by atoms with E-state index in [1.54, 1.807) is 26.0 Å². The Kier molecular flexibility index (Phi) is 4.16. The molecular weight excluding hydrogens is 305 g/mol. The van der Waals surface area contributed by atoms with E-state index in [9.17, 15) is 26.7 Å². The zero-order chi connectivity index (χ0) is 16.6. The van der Waals surface area contributed by atoms with E-state index >= 15 is 0 Å². The number of nitrogens with one attached hydrogen (secondary N) is 1. The molecule has 7 heteroatoms. The van der Waals surface area contributed by atoms with Gasteiger partial charge in [0.1, 0.15) is 5.56 Å². The molecule has 0 spiro atoms. The first kappa shape index (κ1) is 15.9. The van der Waals surface area contributed by atoms with Gasteiger partial charge in [0.15, 0.2) is 23.3 Å². The zero-order valence-electron chi connectivity index (χ0n) is 11.5. The van der Waals surface area contributed by atoms with Crippen LogP contribution in [0, 0.1) is 42.9 Å². The molecule has 2 aromatic carbocycles. The van der Waals surface area contributed by atoms with E-state index in [1.807, 2.05) is 0 Å². The number of anilines is 1. The molecule has 0 radical (unpaired) electrons. The van der Waals surface area contributed by atoms with Crippen molar-refractivity contribution in [1.29, 1.82) is 0 Å². The van der Waals surface area contributed by atoms with Gasteiger partial charge in [-0.2, -0.15) is 0 Å². The molecule has 2 aromatic rings. The molecule has 1 N–H and O–H groups in total. The fourth-order valence-electron chi connectivity index (χ4n) is 1.88. The standard InChI is InChI=1S/C15H10F5NO/c1-6-4-3-5-8(7(6)2)21-15(22)9-10(16)12(18)14(20)13(19)11(9)17/h3-5H,1-2H3,(H,21,22). The number of hydrogen-bond donors (Lipinski definition) is 1. The minimum Gasteiger partial charge on any atom is -0.322 e. The average Bonchev–Trinajstić information content (AvgIpc) is 2.48. The molecule has 0 fully saturated rings. The van der Waals surface area contributed by atoms with Crippen molar-refractivity contribution in [3.05, 3.63) is 64.0 Å². The molecule has 0 aromatic heterocycles. The van der Waals surface area contributed by atoms with Crippen molar-refractivity contribution in [2.45, 2.75) is 13.8 Å². The number of halogens is 5. The van der Waals surface area contributed by atoms with Crippen LogP contribution in [0.4, 0.5) is 27.6 Å². The molecule has 0 aliphatic heterocycles. The molecule has 0 atom stereocenters. The molecule has 0 unspecified atom stereocenters. The van der Waals surface area contributed by atoms with Gasteiger partial charge in [-0.3, -0.25) is 4.79 Å². The largest absolute Gasteiger partial charge is 0.322 e. The van der Waals surface area contributed by atoms with Crippen molar-refractivity contribution < 1.29 is 26.7 Å². The highest BCUT2D eigenvalue weighted by molar-refractivity contribution is 6.05. The summed E-state index contributed by atoms with van der Waals surface area (Å²) in [7, 11) is 0. The molecule has 2 rings (SSSR count). The highest BCUT2D eigenvalue weighted by Crippen LogP contribution is 2.25. The lowest BCUT2D eigenvalue weighted by atomic mass is 10.1. The number of amides is 1. The zero-order valence-corrected chi connectivity index (χ0v) is 11.5. The van der Waals surface area contributed by atoms with Gasteiger partial charge in [-0.1, -0.05) is 12.1 Å². The third kappa shape index (κ3) is 2.54. The smallest absolute Gasteiger partial charge is 0.261 e. The topological polar surface area (TPSA) is 29.1 Å². The van der Waals surface area contributed by atoms with Crippen LogP contribution in [0.2, 0.25) is 0 Å². The van der Waals surface area contributed by atoms with Crippen LogP contribution >= 0.6 is 0 Å². The Bertz CT molecular complexity index is 744. The van der Waals surface area contributed by atoms with Gasteiger partial charge in [0.05, 0.1) is 0 Å². The fourth-order valence-corrected chi connectivity index (χ4v) is 1.88. The summed E-state index contributed by atoms with van der Waals surface area (Å²) >= 11 is 0. The van der Waals surface area contributed by atoms with E-state index in [1.165, 1.54) is 6.07 Å². The van der Waals surface area contributed by atoms with Crippen LogP contribution in [0.3, 0.4) is 0 Å². The summed E-state index contributed by atoms with van der Waals surface area (Å²) in [6.45, 7) is 3.38. The third-order valence-electron chi connectivity index (χ3n) is 3.29. The van der Waals surface area contributed by atoms with Gasteiger partial charge in [-0.05, 0) is 31.0 Å². The molecular formula is C15H10F5NO. The van der Waals surface area contributed by atoms with Gasteiger partial charge >= 0.3 is 0 Å². The van der Waals surface area contributed by atoms with Gasteiger partial charge in [0, 0.05) is 5.69 Å². The molecule has 0 aliphatic rings. The minimum atomic E-state index is -2.31. The molecule has 22 heavy (non-hydrogen) atoms. The van der Waals surface area contributed by atoms with E-state index in [0.29, 0.717) is 5.56 Å². The fraction of sp³-hybridized carbons (Fsp3) is 0.133. The Hall–Kier alpha value is -2.44. The summed E-state index contributed by atoms with van der Waals surface area (Å²) in [5.74, 6) is -12.4. The summed E-state index contributed by atoms with van der Waals surface area (Å²) in [5, 5.41) is 2.15. The van der Waals surface area contributed by atoms with Crippen molar-refractivity contribution in [3.8, 4) is 0 Å². The van der Waals surface area contributed by atoms with Crippen LogP contribution in [0.15, 0.2) is 18.2 Å². The highest BCUT2D eigenvalue weighted by atomic mass is 19.2. The number of benzene rings is 2. The minimum absolute atomic E-state index is 0.217. The first-order valence-corrected chi connectivity index (χ1v) is 6.14. The van der Waals surface area contributed by atoms with Crippen molar-refractivity contribution in [1.82, 2.24) is 0 Å². The molecule has 0 saturated carbocycles. The van der Waals surface area contributed by atoms with E-state index < -0.39 is 40.6 Å². The first-order valence-electron chi connectivity index (χ1n) is 6.14. The van der Waals surface area contributed by atoms with Crippen molar-refractivity contribution in [3.63, 3.8) is 0 Å². The number of rotatable bonds is 2. The van der Waals surface area contributed by atoms with Gasteiger partial charge in [-0.25, -0.2) is 22.0 Å². The Morgan fingerprint density at radius 1 is 0.864 bits per heavy atom. The second-order valence-corrected chi connectivity index (χ2v) is 4.65. The lowest BCUT2D eigenvalue weighted by Crippen LogP contribution is -2.19. The van der Waals surface area contributed by atoms with Gasteiger partial charge in [0.25, 0.3) is 5.91 Å². The lowest BCUT2D eigenvalue weighted by Gasteiger charge is -2.12. The quantitative estimate of drug-likeness (QED) is 0.501. The molecule has 0 saturated heterocycles. The SMILES string of the molecule is Cc1cccc(NC(=O)c2c(F)c(F)c(F)c(F)c2F)c1C. The monoisotopic (exact) mass is 315 g/mol. The summed E-state index contributed by atoms with van der Waals surface area (Å²) in [6.07, 6.45) is 0. The molecule has 2 nitrogen and oxygen atoms in total. The number of aryl methyl sites for hydroxylation is 1. The Morgan fingerprint density at radius 3 is 1.91 bits per heavy atom. The Labute approximate surface area is 122 Å². The lowest BCUT2D eigenvalue weighted by molar-refractivity contribution is 0.101. The summed E-state index contributed by atoms with van der Waals surface area (Å²) in [5.41, 5.74) is 0.0983. The first-order chi connectivity index (χ1) is 10.3. The van der Waals surface area contributed by atoms with Crippen LogP contribution in [-0.2, 0) is 0 Å². The number of hydrogen-bond acceptors (Lipinski definition) is 1. The van der Waals surface area contributed by atoms with Crippen molar-refractivity contribution in [2.24, 2.45) is 0 Å². The van der Waals surface area contributed by atoms with Crippen LogP contribution in [0.25, 0.3) is 0 Å². The van der Waals surface area contributed by atoms with Crippen LogP contribution in [0.5, 0.6) is 0 Å². The highest BCUT2D eigenvalue weighted by Gasteiger charge is 2.29. The van der Waals surface area contributed by atoms with Crippen molar-refractivity contribution >= 4 is 11.6 Å². The van der Waals surface area contributed by atoms with Crippen LogP contribution in [0.1, 0.15) is 21.5 Å².